The largest absolute Gasteiger partial charge is 0.378 e. The van der Waals surface area contributed by atoms with E-state index in [9.17, 15) is 4.79 Å². The highest BCUT2D eigenvalue weighted by molar-refractivity contribution is 8.18. The summed E-state index contributed by atoms with van der Waals surface area (Å²) in [5.74, 6) is 0.410. The van der Waals surface area contributed by atoms with E-state index in [4.69, 9.17) is 24.2 Å². The van der Waals surface area contributed by atoms with E-state index in [0.29, 0.717) is 32.2 Å². The average molecular weight is 570 g/mol. The van der Waals surface area contributed by atoms with E-state index in [0.717, 1.165) is 83.8 Å². The summed E-state index contributed by atoms with van der Waals surface area (Å²) in [4.78, 5) is 28.6. The number of aromatic nitrogens is 1. The first-order chi connectivity index (χ1) is 19.1. The molecule has 0 unspecified atom stereocenters. The molecule has 1 aromatic carbocycles. The number of rotatable bonds is 5. The predicted molar refractivity (Wildman–Crippen MR) is 157 cm³/mol. The van der Waals surface area contributed by atoms with E-state index in [2.05, 4.69) is 50.0 Å². The van der Waals surface area contributed by atoms with Crippen LogP contribution in [0, 0.1) is 0 Å². The molecule has 4 aliphatic heterocycles. The zero-order valence-corrected chi connectivity index (χ0v) is 23.7. The molecule has 1 aromatic heterocycles. The Labute approximate surface area is 236 Å². The van der Waals surface area contributed by atoms with Crippen LogP contribution in [0.2, 0.25) is 0 Å². The topological polar surface area (TPSA) is 91.5 Å². The molecule has 5 heterocycles. The molecule has 0 saturated carbocycles. The minimum absolute atomic E-state index is 0.150. The van der Waals surface area contributed by atoms with Gasteiger partial charge < -0.3 is 29.3 Å². The fourth-order valence-corrected chi connectivity index (χ4v) is 7.06. The van der Waals surface area contributed by atoms with E-state index in [1.54, 1.807) is 23.1 Å². The number of nitrogens with zero attached hydrogens (tertiary/aromatic N) is 5. The number of thiazole rings is 1. The van der Waals surface area contributed by atoms with Gasteiger partial charge in [0.05, 0.1) is 44.5 Å². The van der Waals surface area contributed by atoms with Crippen molar-refractivity contribution in [2.75, 3.05) is 94.0 Å². The lowest BCUT2D eigenvalue weighted by molar-refractivity contribution is -0.547. The summed E-state index contributed by atoms with van der Waals surface area (Å²) >= 11 is 3.24. The maximum atomic E-state index is 12.1. The predicted octanol–water partition coefficient (Wildman–Crippen LogP) is 2.75. The van der Waals surface area contributed by atoms with Gasteiger partial charge in [0.1, 0.15) is 18.0 Å². The van der Waals surface area contributed by atoms with Crippen molar-refractivity contribution < 1.29 is 23.6 Å². The summed E-state index contributed by atoms with van der Waals surface area (Å²) < 4.78 is 18.9. The molecule has 0 radical (unpaired) electrons. The highest BCUT2D eigenvalue weighted by Gasteiger charge is 2.36. The lowest BCUT2D eigenvalue weighted by atomic mass is 10.1. The number of nitrogens with one attached hydrogen (secondary N) is 1. The van der Waals surface area contributed by atoms with Gasteiger partial charge in [-0.25, -0.2) is 9.56 Å². The van der Waals surface area contributed by atoms with Crippen molar-refractivity contribution in [3.8, 4) is 0 Å². The third kappa shape index (κ3) is 6.20. The van der Waals surface area contributed by atoms with Gasteiger partial charge in [0.15, 0.2) is 10.9 Å². The zero-order valence-electron chi connectivity index (χ0n) is 22.1. The monoisotopic (exact) mass is 569 g/mol. The first kappa shape index (κ1) is 26.5. The average Bonchev–Trinajstić information content (AvgIpc) is 3.58. The van der Waals surface area contributed by atoms with Crippen LogP contribution >= 0.6 is 23.1 Å². The van der Waals surface area contributed by atoms with Crippen LogP contribution in [0.25, 0.3) is 6.08 Å². The SMILES string of the molecule is CC(=O)Nc1nc(N2CCOCC2)sc1C1=NC(=[N+]2CCOCC2)SC1=Cc1ccc(N2CCOCC2)cc1. The molecule has 0 aliphatic carbocycles. The van der Waals surface area contributed by atoms with Crippen LogP contribution in [0.5, 0.6) is 0 Å². The van der Waals surface area contributed by atoms with Gasteiger partial charge in [-0.3, -0.25) is 4.79 Å². The number of hydrogen-bond donors (Lipinski definition) is 1. The summed E-state index contributed by atoms with van der Waals surface area (Å²) in [6, 6.07) is 8.66. The Morgan fingerprint density at radius 3 is 2.26 bits per heavy atom. The second kappa shape index (κ2) is 12.2. The molecule has 206 valence electrons. The Morgan fingerprint density at radius 1 is 0.949 bits per heavy atom. The Kier molecular flexibility index (Phi) is 8.26. The number of amides is 1. The molecule has 0 atom stereocenters. The fourth-order valence-electron chi connectivity index (χ4n) is 4.84. The first-order valence-electron chi connectivity index (χ1n) is 13.4. The van der Waals surface area contributed by atoms with Crippen molar-refractivity contribution in [2.24, 2.45) is 4.99 Å². The first-order valence-corrected chi connectivity index (χ1v) is 15.0. The third-order valence-corrected chi connectivity index (χ3v) is 9.08. The summed E-state index contributed by atoms with van der Waals surface area (Å²) in [7, 11) is 0. The molecule has 1 amide bonds. The smallest absolute Gasteiger partial charge is 0.360 e. The van der Waals surface area contributed by atoms with Crippen LogP contribution in [0.4, 0.5) is 16.6 Å². The summed E-state index contributed by atoms with van der Waals surface area (Å²) in [5.41, 5.74) is 3.16. The number of allylic oxidation sites excluding steroid dienone is 1. The molecule has 0 spiro atoms. The van der Waals surface area contributed by atoms with Crippen LogP contribution in [0.3, 0.4) is 0 Å². The fraction of sp³-hybridized carbons (Fsp3) is 0.481. The maximum absolute atomic E-state index is 12.1. The van der Waals surface area contributed by atoms with Crippen molar-refractivity contribution in [1.29, 1.82) is 0 Å². The Bertz CT molecular complexity index is 1290. The van der Waals surface area contributed by atoms with Crippen molar-refractivity contribution in [2.45, 2.75) is 6.92 Å². The van der Waals surface area contributed by atoms with Crippen molar-refractivity contribution in [3.63, 3.8) is 0 Å². The highest BCUT2D eigenvalue weighted by Crippen LogP contribution is 2.39. The molecule has 10 nitrogen and oxygen atoms in total. The lowest BCUT2D eigenvalue weighted by Crippen LogP contribution is -2.36. The molecule has 39 heavy (non-hydrogen) atoms. The summed E-state index contributed by atoms with van der Waals surface area (Å²) in [6.45, 7) is 10.7. The standard InChI is InChI=1S/C27H32N6O4S2/c1-19(34)28-25-24(39-27(30-25)33-10-16-37-17-11-33)23-22(38-26(29-23)32-8-14-36-15-9-32)18-20-2-4-21(5-3-20)31-6-12-35-13-7-31/h2-5,18H,6-17H2,1H3/p+1. The number of carbonyl (C=O) groups is 1. The molecular weight excluding hydrogens is 536 g/mol. The van der Waals surface area contributed by atoms with Gasteiger partial charge in [0.25, 0.3) is 0 Å². The van der Waals surface area contributed by atoms with Crippen molar-refractivity contribution >= 4 is 62.6 Å². The van der Waals surface area contributed by atoms with Gasteiger partial charge in [-0.1, -0.05) is 23.5 Å². The lowest BCUT2D eigenvalue weighted by Gasteiger charge is -2.28. The number of thioether (sulfide) groups is 1. The molecule has 0 bridgehead atoms. The minimum atomic E-state index is -0.150. The molecule has 2 aromatic rings. The zero-order chi connectivity index (χ0) is 26.6. The Morgan fingerprint density at radius 2 is 1.59 bits per heavy atom. The quantitative estimate of drug-likeness (QED) is 0.550. The molecule has 6 rings (SSSR count). The number of amidine groups is 1. The Balaban J connectivity index is 1.36. The second-order valence-corrected chi connectivity index (χ2v) is 11.6. The molecule has 3 saturated heterocycles. The molecule has 1 N–H and O–H groups in total. The molecule has 4 aliphatic rings. The van der Waals surface area contributed by atoms with E-state index >= 15 is 0 Å². The van der Waals surface area contributed by atoms with Gasteiger partial charge >= 0.3 is 5.17 Å². The van der Waals surface area contributed by atoms with E-state index in [-0.39, 0.29) is 5.91 Å². The van der Waals surface area contributed by atoms with Gasteiger partial charge in [0, 0.05) is 50.6 Å². The molecular formula is C27H33N6O4S2+. The van der Waals surface area contributed by atoms with Crippen LogP contribution < -0.4 is 15.1 Å². The van der Waals surface area contributed by atoms with Crippen molar-refractivity contribution in [1.82, 2.24) is 4.98 Å². The third-order valence-electron chi connectivity index (χ3n) is 6.90. The van der Waals surface area contributed by atoms with Crippen LogP contribution in [0.15, 0.2) is 34.2 Å². The van der Waals surface area contributed by atoms with Crippen LogP contribution in [-0.2, 0) is 19.0 Å². The molecule has 3 fully saturated rings. The van der Waals surface area contributed by atoms with E-state index < -0.39 is 0 Å². The van der Waals surface area contributed by atoms with E-state index in [1.165, 1.54) is 12.6 Å². The summed E-state index contributed by atoms with van der Waals surface area (Å²) in [6.07, 6.45) is 2.19. The van der Waals surface area contributed by atoms with Gasteiger partial charge in [-0.05, 0) is 28.8 Å². The second-order valence-electron chi connectivity index (χ2n) is 9.60. The number of benzene rings is 1. The number of hydrogen-bond acceptors (Lipinski definition) is 9. The normalized spacial score (nSPS) is 21.5. The van der Waals surface area contributed by atoms with Gasteiger partial charge in [-0.2, -0.15) is 0 Å². The Hall–Kier alpha value is -2.77. The number of morpholine rings is 3. The van der Waals surface area contributed by atoms with Crippen LogP contribution in [0.1, 0.15) is 17.4 Å². The number of anilines is 3. The van der Waals surface area contributed by atoms with Crippen LogP contribution in [-0.4, -0.2) is 105 Å². The van der Waals surface area contributed by atoms with Gasteiger partial charge in [-0.15, -0.1) is 0 Å². The number of ether oxygens (including phenoxy) is 3. The van der Waals surface area contributed by atoms with Crippen molar-refractivity contribution in [3.05, 3.63) is 39.6 Å². The highest BCUT2D eigenvalue weighted by atomic mass is 32.2. The number of aliphatic imine (C=N–C) groups is 1. The minimum Gasteiger partial charge on any atom is -0.378 e. The number of carbonyl (C=O) groups excluding carboxylic acids is 1. The molecule has 12 heteroatoms. The van der Waals surface area contributed by atoms with E-state index in [1.807, 2.05) is 0 Å². The summed E-state index contributed by atoms with van der Waals surface area (Å²) in [5, 5.41) is 4.79. The maximum Gasteiger partial charge on any atom is 0.360 e. The van der Waals surface area contributed by atoms with Gasteiger partial charge in [0.2, 0.25) is 11.6 Å².